The fraction of sp³-hybridized carbons (Fsp3) is 0.667. The predicted molar refractivity (Wildman–Crippen MR) is 83.3 cm³/mol. The van der Waals surface area contributed by atoms with E-state index in [1.807, 2.05) is 18.5 Å². The quantitative estimate of drug-likeness (QED) is 0.920. The molecule has 2 rings (SSSR count). The van der Waals surface area contributed by atoms with Gasteiger partial charge in [0.15, 0.2) is 0 Å². The zero-order valence-electron chi connectivity index (χ0n) is 12.1. The number of nitrogens with zero attached hydrogens (tertiary/aromatic N) is 2. The molecule has 0 saturated carbocycles. The Morgan fingerprint density at radius 1 is 1.53 bits per heavy atom. The summed E-state index contributed by atoms with van der Waals surface area (Å²) in [5.41, 5.74) is 7.66. The van der Waals surface area contributed by atoms with Gasteiger partial charge in [0.2, 0.25) is 0 Å². The van der Waals surface area contributed by atoms with E-state index in [1.54, 1.807) is 0 Å². The third kappa shape index (κ3) is 3.30. The van der Waals surface area contributed by atoms with Gasteiger partial charge in [0.1, 0.15) is 0 Å². The van der Waals surface area contributed by atoms with Crippen LogP contribution in [0.5, 0.6) is 0 Å². The Kier molecular flexibility index (Phi) is 5.25. The highest BCUT2D eigenvalue weighted by Gasteiger charge is 2.34. The molecule has 0 amide bonds. The van der Waals surface area contributed by atoms with Crippen LogP contribution in [0.4, 0.5) is 0 Å². The monoisotopic (exact) mass is 279 g/mol. The van der Waals surface area contributed by atoms with Gasteiger partial charge in [0.25, 0.3) is 0 Å². The average molecular weight is 279 g/mol. The lowest BCUT2D eigenvalue weighted by atomic mass is 9.95. The number of hydrogen-bond donors (Lipinski definition) is 1. The van der Waals surface area contributed by atoms with E-state index in [2.05, 4.69) is 48.5 Å². The minimum atomic E-state index is 0.168. The second-order valence-electron chi connectivity index (χ2n) is 5.36. The van der Waals surface area contributed by atoms with Crippen LogP contribution >= 0.6 is 11.8 Å². The molecule has 2 heterocycles. The molecule has 1 aliphatic heterocycles. The number of pyridine rings is 1. The summed E-state index contributed by atoms with van der Waals surface area (Å²) in [6, 6.07) is 5.18. The summed E-state index contributed by atoms with van der Waals surface area (Å²) in [7, 11) is 0. The smallest absolute Gasteiger partial charge is 0.0517 e. The maximum Gasteiger partial charge on any atom is 0.0517 e. The molecule has 106 valence electrons. The SMILES string of the molecule is CCC(N)C(c1cccnc1)N1CCSC(C)C1C. The Balaban J connectivity index is 2.27. The van der Waals surface area contributed by atoms with E-state index in [0.29, 0.717) is 11.3 Å². The van der Waals surface area contributed by atoms with Gasteiger partial charge >= 0.3 is 0 Å². The number of aromatic nitrogens is 1. The third-order valence-electron chi connectivity index (χ3n) is 4.19. The van der Waals surface area contributed by atoms with Crippen molar-refractivity contribution in [3.63, 3.8) is 0 Å². The highest BCUT2D eigenvalue weighted by atomic mass is 32.2. The highest BCUT2D eigenvalue weighted by Crippen LogP contribution is 2.33. The van der Waals surface area contributed by atoms with Crippen molar-refractivity contribution in [2.75, 3.05) is 12.3 Å². The van der Waals surface area contributed by atoms with Gasteiger partial charge in [-0.2, -0.15) is 11.8 Å². The molecule has 1 aliphatic rings. The molecular formula is C15H25N3S. The Labute approximate surface area is 121 Å². The van der Waals surface area contributed by atoms with Crippen molar-refractivity contribution >= 4 is 11.8 Å². The highest BCUT2D eigenvalue weighted by molar-refractivity contribution is 8.00. The molecule has 0 spiro atoms. The number of hydrogen-bond acceptors (Lipinski definition) is 4. The van der Waals surface area contributed by atoms with Gasteiger partial charge in [0.05, 0.1) is 6.04 Å². The van der Waals surface area contributed by atoms with Gasteiger partial charge in [-0.15, -0.1) is 0 Å². The molecular weight excluding hydrogens is 254 g/mol. The van der Waals surface area contributed by atoms with E-state index < -0.39 is 0 Å². The molecule has 1 aromatic heterocycles. The van der Waals surface area contributed by atoms with Crippen molar-refractivity contribution in [1.29, 1.82) is 0 Å². The summed E-state index contributed by atoms with van der Waals surface area (Å²) in [6.07, 6.45) is 4.79. The molecule has 1 saturated heterocycles. The van der Waals surface area contributed by atoms with Crippen LogP contribution in [0.3, 0.4) is 0 Å². The van der Waals surface area contributed by atoms with E-state index in [1.165, 1.54) is 11.3 Å². The van der Waals surface area contributed by atoms with E-state index in [-0.39, 0.29) is 12.1 Å². The summed E-state index contributed by atoms with van der Waals surface area (Å²) in [5.74, 6) is 1.19. The van der Waals surface area contributed by atoms with Crippen LogP contribution in [-0.4, -0.2) is 39.5 Å². The summed E-state index contributed by atoms with van der Waals surface area (Å²) in [4.78, 5) is 6.85. The molecule has 1 fully saturated rings. The molecule has 19 heavy (non-hydrogen) atoms. The van der Waals surface area contributed by atoms with Crippen LogP contribution in [0.15, 0.2) is 24.5 Å². The molecule has 4 heteroatoms. The van der Waals surface area contributed by atoms with E-state index in [4.69, 9.17) is 5.73 Å². The molecule has 4 unspecified atom stereocenters. The largest absolute Gasteiger partial charge is 0.326 e. The summed E-state index contributed by atoms with van der Waals surface area (Å²) < 4.78 is 0. The molecule has 3 nitrogen and oxygen atoms in total. The molecule has 0 aromatic carbocycles. The Hall–Kier alpha value is -0.580. The molecule has 1 aromatic rings. The Morgan fingerprint density at radius 3 is 2.95 bits per heavy atom. The van der Waals surface area contributed by atoms with Crippen LogP contribution in [0.2, 0.25) is 0 Å². The topological polar surface area (TPSA) is 42.1 Å². The first-order valence-electron chi connectivity index (χ1n) is 7.18. The first-order chi connectivity index (χ1) is 9.15. The molecule has 0 bridgehead atoms. The number of nitrogens with two attached hydrogens (primary N) is 1. The van der Waals surface area contributed by atoms with Crippen LogP contribution in [0.25, 0.3) is 0 Å². The second-order valence-corrected chi connectivity index (χ2v) is 6.84. The van der Waals surface area contributed by atoms with Gasteiger partial charge in [-0.05, 0) is 25.0 Å². The molecule has 4 atom stereocenters. The lowest BCUT2D eigenvalue weighted by Crippen LogP contribution is -2.51. The van der Waals surface area contributed by atoms with Gasteiger partial charge in [-0.1, -0.05) is 19.9 Å². The van der Waals surface area contributed by atoms with E-state index in [0.717, 1.165) is 13.0 Å². The van der Waals surface area contributed by atoms with Crippen molar-refractivity contribution in [3.05, 3.63) is 30.1 Å². The van der Waals surface area contributed by atoms with Crippen LogP contribution in [0, 0.1) is 0 Å². The van der Waals surface area contributed by atoms with E-state index >= 15 is 0 Å². The fourth-order valence-electron chi connectivity index (χ4n) is 2.81. The fourth-order valence-corrected chi connectivity index (χ4v) is 3.93. The summed E-state index contributed by atoms with van der Waals surface area (Å²) in [5, 5.41) is 0.664. The first-order valence-corrected chi connectivity index (χ1v) is 8.22. The standard InChI is InChI=1S/C15H25N3S/c1-4-14(16)15(13-6-5-7-17-10-13)18-8-9-19-12(3)11(18)2/h5-7,10-12,14-15H,4,8-9,16H2,1-3H3. The zero-order valence-corrected chi connectivity index (χ0v) is 12.9. The van der Waals surface area contributed by atoms with Crippen LogP contribution in [-0.2, 0) is 0 Å². The van der Waals surface area contributed by atoms with Gasteiger partial charge < -0.3 is 5.73 Å². The maximum absolute atomic E-state index is 6.41. The minimum Gasteiger partial charge on any atom is -0.326 e. The Morgan fingerprint density at radius 2 is 2.32 bits per heavy atom. The molecule has 0 radical (unpaired) electrons. The molecule has 2 N–H and O–H groups in total. The third-order valence-corrected chi connectivity index (χ3v) is 5.53. The van der Waals surface area contributed by atoms with Crippen molar-refractivity contribution in [1.82, 2.24) is 9.88 Å². The van der Waals surface area contributed by atoms with Crippen LogP contribution in [0.1, 0.15) is 38.8 Å². The lowest BCUT2D eigenvalue weighted by Gasteiger charge is -2.44. The normalized spacial score (nSPS) is 28.0. The van der Waals surface area contributed by atoms with Crippen molar-refractivity contribution in [2.24, 2.45) is 5.73 Å². The van der Waals surface area contributed by atoms with Crippen LogP contribution < -0.4 is 5.73 Å². The number of rotatable bonds is 4. The van der Waals surface area contributed by atoms with Gasteiger partial charge in [0, 0.05) is 42.0 Å². The van der Waals surface area contributed by atoms with E-state index in [9.17, 15) is 0 Å². The van der Waals surface area contributed by atoms with Crippen molar-refractivity contribution in [3.8, 4) is 0 Å². The maximum atomic E-state index is 6.41. The average Bonchev–Trinajstić information content (AvgIpc) is 2.44. The zero-order chi connectivity index (χ0) is 13.8. The van der Waals surface area contributed by atoms with Gasteiger partial charge in [-0.25, -0.2) is 0 Å². The minimum absolute atomic E-state index is 0.168. The second kappa shape index (κ2) is 6.73. The molecule has 0 aliphatic carbocycles. The lowest BCUT2D eigenvalue weighted by molar-refractivity contribution is 0.124. The summed E-state index contributed by atoms with van der Waals surface area (Å²) in [6.45, 7) is 7.92. The van der Waals surface area contributed by atoms with Crippen molar-refractivity contribution in [2.45, 2.75) is 50.6 Å². The van der Waals surface area contributed by atoms with Gasteiger partial charge in [-0.3, -0.25) is 9.88 Å². The predicted octanol–water partition coefficient (Wildman–Crippen LogP) is 2.69. The Bertz CT molecular complexity index is 384. The van der Waals surface area contributed by atoms with Crippen molar-refractivity contribution < 1.29 is 0 Å². The number of thioether (sulfide) groups is 1. The first kappa shape index (κ1) is 14.8. The summed E-state index contributed by atoms with van der Waals surface area (Å²) >= 11 is 2.06.